The normalized spacial score (nSPS) is 21.8. The number of H-pyrrole nitrogens is 1. The number of hydrogen-bond acceptors (Lipinski definition) is 5. The number of amides is 2. The van der Waals surface area contributed by atoms with E-state index in [0.717, 1.165) is 48.0 Å². The Hall–Kier alpha value is -2.77. The quantitative estimate of drug-likeness (QED) is 0.793. The Bertz CT molecular complexity index is 1030. The van der Waals surface area contributed by atoms with Crippen LogP contribution in [-0.4, -0.2) is 56.5 Å². The van der Waals surface area contributed by atoms with E-state index in [-0.39, 0.29) is 17.7 Å². The zero-order valence-electron chi connectivity index (χ0n) is 19.1. The van der Waals surface area contributed by atoms with E-state index in [1.807, 2.05) is 23.6 Å². The minimum Gasteiger partial charge on any atom is -0.338 e. The molecule has 0 bridgehead atoms. The Balaban J connectivity index is 1.38. The third kappa shape index (κ3) is 3.91. The lowest BCUT2D eigenvalue weighted by atomic mass is 9.88. The summed E-state index contributed by atoms with van der Waals surface area (Å²) >= 11 is 0. The van der Waals surface area contributed by atoms with Gasteiger partial charge in [0, 0.05) is 48.9 Å². The first-order chi connectivity index (χ1) is 15.5. The fourth-order valence-electron chi connectivity index (χ4n) is 5.49. The summed E-state index contributed by atoms with van der Waals surface area (Å²) in [5, 5.41) is 6.82. The van der Waals surface area contributed by atoms with Crippen LogP contribution < -0.4 is 4.90 Å². The highest BCUT2D eigenvalue weighted by atomic mass is 16.2. The maximum Gasteiger partial charge on any atom is 0.257 e. The molecule has 2 aromatic rings. The van der Waals surface area contributed by atoms with Crippen LogP contribution in [0.5, 0.6) is 0 Å². The average molecular weight is 437 g/mol. The summed E-state index contributed by atoms with van der Waals surface area (Å²) in [7, 11) is 0. The van der Waals surface area contributed by atoms with E-state index in [4.69, 9.17) is 9.97 Å². The van der Waals surface area contributed by atoms with Gasteiger partial charge in [0.2, 0.25) is 5.91 Å². The largest absolute Gasteiger partial charge is 0.338 e. The monoisotopic (exact) mass is 436 g/mol. The van der Waals surface area contributed by atoms with Gasteiger partial charge in [-0.25, -0.2) is 9.97 Å². The first-order valence-electron chi connectivity index (χ1n) is 12.0. The zero-order valence-corrected chi connectivity index (χ0v) is 19.1. The van der Waals surface area contributed by atoms with Crippen molar-refractivity contribution < 1.29 is 9.59 Å². The van der Waals surface area contributed by atoms with Gasteiger partial charge in [-0.05, 0) is 45.4 Å². The number of anilines is 1. The van der Waals surface area contributed by atoms with Crippen LogP contribution in [0.1, 0.15) is 84.0 Å². The number of aromatic amines is 1. The van der Waals surface area contributed by atoms with Gasteiger partial charge in [-0.15, -0.1) is 0 Å². The number of carbonyl (C=O) groups is 2. The molecule has 2 amide bonds. The van der Waals surface area contributed by atoms with E-state index in [1.54, 1.807) is 6.20 Å². The molecular formula is C24H32N6O2. The van der Waals surface area contributed by atoms with Crippen LogP contribution in [0.2, 0.25) is 0 Å². The SMILES string of the molecule is Cc1nc(C2CCN(C(=O)c3cn[nH]c3C)C2)nc2c1CCC(=O)N2CC1CCCCC1. The molecule has 2 aromatic heterocycles. The molecule has 8 heteroatoms. The Morgan fingerprint density at radius 3 is 2.69 bits per heavy atom. The van der Waals surface area contributed by atoms with Gasteiger partial charge >= 0.3 is 0 Å². The molecule has 1 unspecified atom stereocenters. The average Bonchev–Trinajstić information content (AvgIpc) is 3.45. The predicted octanol–water partition coefficient (Wildman–Crippen LogP) is 3.31. The van der Waals surface area contributed by atoms with E-state index in [0.29, 0.717) is 31.0 Å². The second kappa shape index (κ2) is 8.64. The number of likely N-dealkylation sites (tertiary alicyclic amines) is 1. The number of carbonyl (C=O) groups excluding carboxylic acids is 2. The fraction of sp³-hybridized carbons (Fsp3) is 0.625. The highest BCUT2D eigenvalue weighted by Gasteiger charge is 2.34. The van der Waals surface area contributed by atoms with Crippen molar-refractivity contribution in [2.45, 2.75) is 71.1 Å². The summed E-state index contributed by atoms with van der Waals surface area (Å²) in [5.41, 5.74) is 3.50. The highest BCUT2D eigenvalue weighted by Crippen LogP contribution is 2.34. The summed E-state index contributed by atoms with van der Waals surface area (Å²) in [6.07, 6.45) is 9.91. The molecule has 1 atom stereocenters. The Kier molecular flexibility index (Phi) is 5.69. The molecule has 4 heterocycles. The van der Waals surface area contributed by atoms with Gasteiger partial charge in [0.25, 0.3) is 5.91 Å². The molecule has 5 rings (SSSR count). The summed E-state index contributed by atoms with van der Waals surface area (Å²) in [4.78, 5) is 39.4. The number of aromatic nitrogens is 4. The molecule has 2 fully saturated rings. The standard InChI is InChI=1S/C24H32N6O2/c1-15-19-8-9-21(31)30(13-17-6-4-3-5-7-17)23(19)27-22(26-15)18-10-11-29(14-18)24(32)20-12-25-28-16(20)2/h12,17-18H,3-11,13-14H2,1-2H3,(H,25,28). The number of aryl methyl sites for hydroxylation is 2. The van der Waals surface area contributed by atoms with Crippen LogP contribution in [0.3, 0.4) is 0 Å². The van der Waals surface area contributed by atoms with Crippen LogP contribution in [0.4, 0.5) is 5.82 Å². The molecular weight excluding hydrogens is 404 g/mol. The van der Waals surface area contributed by atoms with Gasteiger partial charge in [0.15, 0.2) is 0 Å². The Morgan fingerprint density at radius 2 is 1.94 bits per heavy atom. The maximum atomic E-state index is 12.9. The molecule has 170 valence electrons. The fourth-order valence-corrected chi connectivity index (χ4v) is 5.49. The minimum atomic E-state index is 0.00235. The number of fused-ring (bicyclic) bond motifs is 1. The van der Waals surface area contributed by atoms with Crippen LogP contribution in [-0.2, 0) is 11.2 Å². The molecule has 1 N–H and O–H groups in total. The van der Waals surface area contributed by atoms with Crippen molar-refractivity contribution in [3.8, 4) is 0 Å². The van der Waals surface area contributed by atoms with Gasteiger partial charge in [-0.2, -0.15) is 5.10 Å². The van der Waals surface area contributed by atoms with Gasteiger partial charge in [-0.3, -0.25) is 19.6 Å². The Morgan fingerprint density at radius 1 is 1.12 bits per heavy atom. The molecule has 1 saturated carbocycles. The van der Waals surface area contributed by atoms with Crippen molar-refractivity contribution >= 4 is 17.6 Å². The topological polar surface area (TPSA) is 95.1 Å². The first-order valence-corrected chi connectivity index (χ1v) is 12.0. The van der Waals surface area contributed by atoms with E-state index in [1.165, 1.54) is 32.1 Å². The van der Waals surface area contributed by atoms with Crippen LogP contribution in [0.25, 0.3) is 0 Å². The van der Waals surface area contributed by atoms with Crippen molar-refractivity contribution in [3.05, 3.63) is 34.5 Å². The molecule has 0 radical (unpaired) electrons. The van der Waals surface area contributed by atoms with Crippen molar-refractivity contribution in [2.75, 3.05) is 24.5 Å². The van der Waals surface area contributed by atoms with Crippen LogP contribution >= 0.6 is 0 Å². The molecule has 0 aromatic carbocycles. The van der Waals surface area contributed by atoms with Gasteiger partial charge in [0.05, 0.1) is 11.8 Å². The second-order valence-electron chi connectivity index (χ2n) is 9.62. The number of hydrogen-bond donors (Lipinski definition) is 1. The molecule has 1 saturated heterocycles. The minimum absolute atomic E-state index is 0.00235. The molecule has 3 aliphatic rings. The van der Waals surface area contributed by atoms with Gasteiger partial charge < -0.3 is 4.90 Å². The third-order valence-electron chi connectivity index (χ3n) is 7.42. The molecule has 0 spiro atoms. The van der Waals surface area contributed by atoms with Crippen molar-refractivity contribution in [2.24, 2.45) is 5.92 Å². The smallest absolute Gasteiger partial charge is 0.257 e. The summed E-state index contributed by atoms with van der Waals surface area (Å²) in [6, 6.07) is 0. The number of nitrogens with zero attached hydrogens (tertiary/aromatic N) is 5. The van der Waals surface area contributed by atoms with E-state index in [9.17, 15) is 9.59 Å². The lowest BCUT2D eigenvalue weighted by Gasteiger charge is -2.33. The maximum absolute atomic E-state index is 12.9. The van der Waals surface area contributed by atoms with E-state index < -0.39 is 0 Å². The van der Waals surface area contributed by atoms with Crippen LogP contribution in [0, 0.1) is 19.8 Å². The van der Waals surface area contributed by atoms with Crippen molar-refractivity contribution in [1.82, 2.24) is 25.1 Å². The van der Waals surface area contributed by atoms with Crippen molar-refractivity contribution in [3.63, 3.8) is 0 Å². The summed E-state index contributed by atoms with van der Waals surface area (Å²) in [5.74, 6) is 2.43. The molecule has 32 heavy (non-hydrogen) atoms. The van der Waals surface area contributed by atoms with Gasteiger partial charge in [-0.1, -0.05) is 19.3 Å². The lowest BCUT2D eigenvalue weighted by molar-refractivity contribution is -0.119. The zero-order chi connectivity index (χ0) is 22.2. The van der Waals surface area contributed by atoms with Gasteiger partial charge in [0.1, 0.15) is 11.6 Å². The Labute approximate surface area is 188 Å². The third-order valence-corrected chi connectivity index (χ3v) is 7.42. The first kappa shape index (κ1) is 21.1. The second-order valence-corrected chi connectivity index (χ2v) is 9.62. The molecule has 2 aliphatic heterocycles. The molecule has 1 aliphatic carbocycles. The summed E-state index contributed by atoms with van der Waals surface area (Å²) in [6.45, 7) is 5.94. The van der Waals surface area contributed by atoms with E-state index >= 15 is 0 Å². The molecule has 8 nitrogen and oxygen atoms in total. The number of rotatable bonds is 4. The number of nitrogens with one attached hydrogen (secondary N) is 1. The van der Waals surface area contributed by atoms with E-state index in [2.05, 4.69) is 10.2 Å². The predicted molar refractivity (Wildman–Crippen MR) is 121 cm³/mol. The van der Waals surface area contributed by atoms with Crippen LogP contribution in [0.15, 0.2) is 6.20 Å². The lowest BCUT2D eigenvalue weighted by Crippen LogP contribution is -2.40. The summed E-state index contributed by atoms with van der Waals surface area (Å²) < 4.78 is 0. The van der Waals surface area contributed by atoms with Crippen molar-refractivity contribution in [1.29, 1.82) is 0 Å². The highest BCUT2D eigenvalue weighted by molar-refractivity contribution is 5.96.